The number of anilines is 2. The first-order valence-electron chi connectivity index (χ1n) is 10.4. The van der Waals surface area contributed by atoms with E-state index in [4.69, 9.17) is 9.72 Å². The Morgan fingerprint density at radius 1 is 1.03 bits per heavy atom. The second kappa shape index (κ2) is 7.55. The normalized spacial score (nSPS) is 19.2. The molecule has 2 aliphatic heterocycles. The minimum atomic E-state index is -0.437. The van der Waals surface area contributed by atoms with Gasteiger partial charge in [0.2, 0.25) is 0 Å². The van der Waals surface area contributed by atoms with Gasteiger partial charge in [0.15, 0.2) is 5.82 Å². The van der Waals surface area contributed by atoms with E-state index in [9.17, 15) is 9.59 Å². The fourth-order valence-electron chi connectivity index (χ4n) is 4.02. The van der Waals surface area contributed by atoms with Crippen molar-refractivity contribution in [3.05, 3.63) is 41.5 Å². The highest BCUT2D eigenvalue weighted by molar-refractivity contribution is 5.93. The van der Waals surface area contributed by atoms with Gasteiger partial charge in [0.05, 0.1) is 18.9 Å². The van der Waals surface area contributed by atoms with Crippen LogP contribution in [0.4, 0.5) is 16.4 Å². The zero-order chi connectivity index (χ0) is 20.7. The molecule has 2 saturated heterocycles. The quantitative estimate of drug-likeness (QED) is 0.764. The summed E-state index contributed by atoms with van der Waals surface area (Å²) in [6.07, 6.45) is 6.99. The number of aryl methyl sites for hydroxylation is 1. The number of amides is 2. The molecule has 4 heterocycles. The monoisotopic (exact) mass is 408 g/mol. The molecule has 9 nitrogen and oxygen atoms in total. The number of carbonyl (C=O) groups is 2. The molecule has 156 valence electrons. The average Bonchev–Trinajstić information content (AvgIpc) is 3.54. The van der Waals surface area contributed by atoms with Crippen LogP contribution in [0.5, 0.6) is 0 Å². The first kappa shape index (κ1) is 18.8. The van der Waals surface area contributed by atoms with E-state index < -0.39 is 6.09 Å². The molecular weight excluding hydrogens is 384 g/mol. The Bertz CT molecular complexity index is 967. The lowest BCUT2D eigenvalue weighted by molar-refractivity contribution is 0.0740. The van der Waals surface area contributed by atoms with E-state index in [-0.39, 0.29) is 11.6 Å². The van der Waals surface area contributed by atoms with Crippen molar-refractivity contribution in [1.82, 2.24) is 19.9 Å². The second-order valence-electron chi connectivity index (χ2n) is 7.99. The molecule has 1 saturated carbocycles. The van der Waals surface area contributed by atoms with Crippen LogP contribution in [0.3, 0.4) is 0 Å². The number of cyclic esters (lactones) is 1. The number of carbonyl (C=O) groups excluding carboxylic acids is 2. The number of pyridine rings is 1. The third kappa shape index (κ3) is 3.55. The summed E-state index contributed by atoms with van der Waals surface area (Å²) in [4.78, 5) is 43.0. The zero-order valence-corrected chi connectivity index (χ0v) is 17.0. The summed E-state index contributed by atoms with van der Waals surface area (Å²) in [6, 6.07) is 2.25. The van der Waals surface area contributed by atoms with Gasteiger partial charge in [0.1, 0.15) is 18.1 Å². The van der Waals surface area contributed by atoms with Gasteiger partial charge in [0, 0.05) is 32.4 Å². The predicted molar refractivity (Wildman–Crippen MR) is 110 cm³/mol. The fourth-order valence-corrected chi connectivity index (χ4v) is 4.02. The Morgan fingerprint density at radius 2 is 1.83 bits per heavy atom. The number of rotatable bonds is 4. The Morgan fingerprint density at radius 3 is 2.43 bits per heavy atom. The Balaban J connectivity index is 1.21. The number of nitrogens with zero attached hydrogens (tertiary/aromatic N) is 6. The summed E-state index contributed by atoms with van der Waals surface area (Å²) < 4.78 is 4.90. The van der Waals surface area contributed by atoms with Crippen molar-refractivity contribution >= 4 is 23.6 Å². The minimum absolute atomic E-state index is 0.147. The molecule has 3 aliphatic rings. The van der Waals surface area contributed by atoms with Gasteiger partial charge in [-0.2, -0.15) is 0 Å². The molecule has 2 aromatic rings. The third-order valence-corrected chi connectivity index (χ3v) is 5.88. The SMILES string of the molecule is Cc1cc(C2CC2)cnc1N1CCN(C(=O)c2cnc(N3CCOC3=O)cn2)CC1. The van der Waals surface area contributed by atoms with Gasteiger partial charge in [-0.1, -0.05) is 6.07 Å². The van der Waals surface area contributed by atoms with Gasteiger partial charge in [-0.25, -0.2) is 19.7 Å². The largest absolute Gasteiger partial charge is 0.447 e. The molecule has 0 aromatic carbocycles. The molecule has 0 bridgehead atoms. The highest BCUT2D eigenvalue weighted by Crippen LogP contribution is 2.40. The first-order chi connectivity index (χ1) is 14.6. The lowest BCUT2D eigenvalue weighted by Crippen LogP contribution is -2.49. The molecule has 0 spiro atoms. The molecule has 2 aromatic heterocycles. The van der Waals surface area contributed by atoms with Crippen molar-refractivity contribution < 1.29 is 14.3 Å². The number of piperazine rings is 1. The molecule has 9 heteroatoms. The predicted octanol–water partition coefficient (Wildman–Crippen LogP) is 1.98. The van der Waals surface area contributed by atoms with Crippen molar-refractivity contribution in [3.8, 4) is 0 Å². The van der Waals surface area contributed by atoms with E-state index in [1.54, 1.807) is 4.90 Å². The smallest absolute Gasteiger partial charge is 0.415 e. The average molecular weight is 408 g/mol. The molecule has 5 rings (SSSR count). The lowest BCUT2D eigenvalue weighted by atomic mass is 10.1. The van der Waals surface area contributed by atoms with E-state index >= 15 is 0 Å². The zero-order valence-electron chi connectivity index (χ0n) is 17.0. The highest BCUT2D eigenvalue weighted by Gasteiger charge is 2.28. The summed E-state index contributed by atoms with van der Waals surface area (Å²) in [7, 11) is 0. The van der Waals surface area contributed by atoms with Crippen molar-refractivity contribution in [2.75, 3.05) is 49.1 Å². The van der Waals surface area contributed by atoms with Crippen LogP contribution in [0.25, 0.3) is 0 Å². The van der Waals surface area contributed by atoms with Crippen molar-refractivity contribution in [3.63, 3.8) is 0 Å². The van der Waals surface area contributed by atoms with Crippen LogP contribution < -0.4 is 9.80 Å². The lowest BCUT2D eigenvalue weighted by Gasteiger charge is -2.36. The Hall–Kier alpha value is -3.23. The third-order valence-electron chi connectivity index (χ3n) is 5.88. The van der Waals surface area contributed by atoms with Crippen molar-refractivity contribution in [2.24, 2.45) is 0 Å². The van der Waals surface area contributed by atoms with Crippen molar-refractivity contribution in [2.45, 2.75) is 25.7 Å². The van der Waals surface area contributed by atoms with Crippen LogP contribution in [0.2, 0.25) is 0 Å². The van der Waals surface area contributed by atoms with Gasteiger partial charge < -0.3 is 14.5 Å². The maximum Gasteiger partial charge on any atom is 0.415 e. The van der Waals surface area contributed by atoms with Gasteiger partial charge in [-0.3, -0.25) is 9.69 Å². The van der Waals surface area contributed by atoms with E-state index in [2.05, 4.69) is 27.9 Å². The van der Waals surface area contributed by atoms with Crippen LogP contribution in [-0.4, -0.2) is 71.2 Å². The van der Waals surface area contributed by atoms with E-state index in [1.807, 2.05) is 6.20 Å². The topological polar surface area (TPSA) is 91.8 Å². The van der Waals surface area contributed by atoms with Gasteiger partial charge in [0.25, 0.3) is 5.91 Å². The summed E-state index contributed by atoms with van der Waals surface area (Å²) in [5, 5.41) is 0. The summed E-state index contributed by atoms with van der Waals surface area (Å²) in [5.74, 6) is 1.96. The molecule has 0 radical (unpaired) electrons. The van der Waals surface area contributed by atoms with Gasteiger partial charge >= 0.3 is 6.09 Å². The minimum Gasteiger partial charge on any atom is -0.447 e. The number of aromatic nitrogens is 3. The van der Waals surface area contributed by atoms with Gasteiger partial charge in [-0.05, 0) is 36.8 Å². The summed E-state index contributed by atoms with van der Waals surface area (Å²) in [6.45, 7) is 5.55. The second-order valence-corrected chi connectivity index (χ2v) is 7.99. The fraction of sp³-hybridized carbons (Fsp3) is 0.476. The highest BCUT2D eigenvalue weighted by atomic mass is 16.6. The molecule has 30 heavy (non-hydrogen) atoms. The van der Waals surface area contributed by atoms with Crippen LogP contribution in [0, 0.1) is 6.92 Å². The molecule has 0 N–H and O–H groups in total. The van der Waals surface area contributed by atoms with Crippen LogP contribution in [0.1, 0.15) is 40.4 Å². The number of hydrogen-bond acceptors (Lipinski definition) is 7. The van der Waals surface area contributed by atoms with Crippen LogP contribution in [0.15, 0.2) is 24.7 Å². The molecular formula is C21H24N6O3. The first-order valence-corrected chi connectivity index (χ1v) is 10.4. The molecule has 1 aliphatic carbocycles. The molecule has 0 atom stereocenters. The summed E-state index contributed by atoms with van der Waals surface area (Å²) in [5.41, 5.74) is 2.82. The van der Waals surface area contributed by atoms with Crippen LogP contribution in [-0.2, 0) is 4.74 Å². The Kier molecular flexibility index (Phi) is 4.72. The van der Waals surface area contributed by atoms with Crippen LogP contribution >= 0.6 is 0 Å². The van der Waals surface area contributed by atoms with Gasteiger partial charge in [-0.15, -0.1) is 0 Å². The molecule has 3 fully saturated rings. The Labute approximate surface area is 174 Å². The number of ether oxygens (including phenoxy) is 1. The van der Waals surface area contributed by atoms with E-state index in [1.165, 1.54) is 41.3 Å². The standard InChI is InChI=1S/C21H24N6O3/c1-14-10-16(15-2-3-15)11-24-19(14)25-4-6-26(7-5-25)20(28)17-12-23-18(13-22-17)27-8-9-30-21(27)29/h10-13,15H,2-9H2,1H3. The number of hydrogen-bond donors (Lipinski definition) is 0. The summed E-state index contributed by atoms with van der Waals surface area (Å²) >= 11 is 0. The maximum absolute atomic E-state index is 12.8. The van der Waals surface area contributed by atoms with Crippen molar-refractivity contribution in [1.29, 1.82) is 0 Å². The maximum atomic E-state index is 12.8. The van der Waals surface area contributed by atoms with E-state index in [0.717, 1.165) is 18.9 Å². The van der Waals surface area contributed by atoms with E-state index in [0.29, 0.717) is 38.0 Å². The molecule has 2 amide bonds. The molecule has 0 unspecified atom stereocenters.